The number of anilines is 1. The van der Waals surface area contributed by atoms with Gasteiger partial charge in [0.15, 0.2) is 5.78 Å². The molecule has 154 valence electrons. The Kier molecular flexibility index (Phi) is 6.21. The Morgan fingerprint density at radius 3 is 2.20 bits per heavy atom. The van der Waals surface area contributed by atoms with Crippen molar-refractivity contribution in [3.63, 3.8) is 0 Å². The Hall–Kier alpha value is -3.20. The minimum absolute atomic E-state index is 0.00295. The first-order chi connectivity index (χ1) is 14.2. The fraction of sp³-hybridized carbons (Fsp3) is 0.0476. The van der Waals surface area contributed by atoms with Gasteiger partial charge in [0, 0.05) is 10.6 Å². The number of rotatable bonds is 7. The number of carboxylic acids is 1. The molecule has 0 aromatic heterocycles. The largest absolute Gasteiger partial charge is 0.478 e. The van der Waals surface area contributed by atoms with E-state index in [0.29, 0.717) is 5.56 Å². The third kappa shape index (κ3) is 4.68. The van der Waals surface area contributed by atoms with Gasteiger partial charge in [0.1, 0.15) is 0 Å². The van der Waals surface area contributed by atoms with Gasteiger partial charge < -0.3 is 10.8 Å². The Labute approximate surface area is 178 Å². The smallest absolute Gasteiger partial charge is 0.335 e. The number of carbonyl (C=O) groups excluding carboxylic acids is 1. The van der Waals surface area contributed by atoms with Crippen LogP contribution < -0.4 is 10.5 Å². The lowest BCUT2D eigenvalue weighted by atomic mass is 9.96. The van der Waals surface area contributed by atoms with Crippen molar-refractivity contribution in [3.8, 4) is 0 Å². The van der Waals surface area contributed by atoms with Crippen molar-refractivity contribution >= 4 is 39.1 Å². The van der Waals surface area contributed by atoms with Gasteiger partial charge in [-0.2, -0.15) is 0 Å². The summed E-state index contributed by atoms with van der Waals surface area (Å²) in [6, 6.07) is 16.3. The van der Waals surface area contributed by atoms with Crippen molar-refractivity contribution in [2.24, 2.45) is 5.73 Å². The minimum Gasteiger partial charge on any atom is -0.478 e. The molecule has 4 N–H and O–H groups in total. The summed E-state index contributed by atoms with van der Waals surface area (Å²) in [4.78, 5) is 24.1. The summed E-state index contributed by atoms with van der Waals surface area (Å²) in [5, 5.41) is 9.22. The van der Waals surface area contributed by atoms with E-state index < -0.39 is 27.8 Å². The van der Waals surface area contributed by atoms with E-state index in [-0.39, 0.29) is 26.7 Å². The number of nitrogens with one attached hydrogen (secondary N) is 1. The molecule has 7 nitrogen and oxygen atoms in total. The molecule has 0 bridgehead atoms. The molecule has 30 heavy (non-hydrogen) atoms. The Morgan fingerprint density at radius 2 is 1.60 bits per heavy atom. The normalized spacial score (nSPS) is 12.2. The zero-order valence-corrected chi connectivity index (χ0v) is 17.0. The molecule has 0 heterocycles. The third-order valence-corrected chi connectivity index (χ3v) is 5.96. The van der Waals surface area contributed by atoms with E-state index in [2.05, 4.69) is 4.72 Å². The number of carbonyl (C=O) groups is 2. The molecular formula is C21H17ClN2O5S. The van der Waals surface area contributed by atoms with E-state index in [1.54, 1.807) is 18.2 Å². The summed E-state index contributed by atoms with van der Waals surface area (Å²) in [5.41, 5.74) is 6.53. The van der Waals surface area contributed by atoms with Gasteiger partial charge in [-0.25, -0.2) is 13.2 Å². The van der Waals surface area contributed by atoms with E-state index in [4.69, 9.17) is 22.4 Å². The summed E-state index contributed by atoms with van der Waals surface area (Å²) in [7, 11) is -3.94. The fourth-order valence-corrected chi connectivity index (χ4v) is 4.04. The van der Waals surface area contributed by atoms with Gasteiger partial charge in [-0.15, -0.1) is 0 Å². The molecular weight excluding hydrogens is 428 g/mol. The number of Topliss-reactive ketones (excluding diaryl/α,β-unsaturated/α-hetero) is 1. The van der Waals surface area contributed by atoms with Crippen molar-refractivity contribution in [2.45, 2.75) is 10.9 Å². The lowest BCUT2D eigenvalue weighted by Crippen LogP contribution is -2.24. The van der Waals surface area contributed by atoms with Crippen molar-refractivity contribution < 1.29 is 23.1 Å². The fourth-order valence-electron chi connectivity index (χ4n) is 2.76. The maximum Gasteiger partial charge on any atom is 0.335 e. The number of hydrogen-bond donors (Lipinski definition) is 3. The molecule has 0 aliphatic carbocycles. The molecule has 0 amide bonds. The van der Waals surface area contributed by atoms with Crippen LogP contribution in [0, 0.1) is 0 Å². The van der Waals surface area contributed by atoms with Crippen molar-refractivity contribution in [1.82, 2.24) is 0 Å². The molecule has 0 radical (unpaired) electrons. The first kappa shape index (κ1) is 21.5. The molecule has 0 fully saturated rings. The molecule has 1 unspecified atom stereocenters. The second-order valence-corrected chi connectivity index (χ2v) is 8.50. The van der Waals surface area contributed by atoms with Crippen molar-refractivity contribution in [1.29, 1.82) is 0 Å². The first-order valence-corrected chi connectivity index (χ1v) is 10.6. The number of aromatic carboxylic acids is 1. The average Bonchev–Trinajstić information content (AvgIpc) is 2.74. The second-order valence-electron chi connectivity index (χ2n) is 6.38. The molecule has 0 spiro atoms. The van der Waals surface area contributed by atoms with Crippen LogP contribution in [0.2, 0.25) is 5.02 Å². The summed E-state index contributed by atoms with van der Waals surface area (Å²) in [6.07, 6.45) is 0. The Balaban J connectivity index is 1.94. The topological polar surface area (TPSA) is 127 Å². The molecule has 0 saturated heterocycles. The molecule has 3 aromatic carbocycles. The summed E-state index contributed by atoms with van der Waals surface area (Å²) < 4.78 is 27.7. The zero-order valence-electron chi connectivity index (χ0n) is 15.4. The van der Waals surface area contributed by atoms with Crippen LogP contribution in [0.25, 0.3) is 0 Å². The number of carboxylic acid groups (broad SMARTS) is 1. The lowest BCUT2D eigenvalue weighted by molar-refractivity contribution is 0.0696. The van der Waals surface area contributed by atoms with Gasteiger partial charge in [-0.1, -0.05) is 41.9 Å². The number of halogens is 1. The molecule has 3 aromatic rings. The van der Waals surface area contributed by atoms with Crippen LogP contribution in [0.1, 0.15) is 32.3 Å². The van der Waals surface area contributed by atoms with Gasteiger partial charge in [-0.05, 0) is 48.0 Å². The molecule has 0 aliphatic heterocycles. The van der Waals surface area contributed by atoms with Crippen molar-refractivity contribution in [2.75, 3.05) is 4.72 Å². The van der Waals surface area contributed by atoms with Crippen LogP contribution in [0.4, 0.5) is 5.69 Å². The highest BCUT2D eigenvalue weighted by Crippen LogP contribution is 2.27. The van der Waals surface area contributed by atoms with Crippen LogP contribution >= 0.6 is 11.6 Å². The van der Waals surface area contributed by atoms with Crippen LogP contribution in [0.15, 0.2) is 77.7 Å². The number of nitrogens with two attached hydrogens (primary N) is 1. The minimum atomic E-state index is -3.94. The van der Waals surface area contributed by atoms with Gasteiger partial charge in [-0.3, -0.25) is 9.52 Å². The van der Waals surface area contributed by atoms with Gasteiger partial charge >= 0.3 is 5.97 Å². The zero-order chi connectivity index (χ0) is 21.9. The van der Waals surface area contributed by atoms with E-state index in [9.17, 15) is 18.0 Å². The predicted molar refractivity (Wildman–Crippen MR) is 113 cm³/mol. The van der Waals surface area contributed by atoms with E-state index >= 15 is 0 Å². The average molecular weight is 445 g/mol. The molecule has 0 saturated carbocycles. The summed E-state index contributed by atoms with van der Waals surface area (Å²) in [6.45, 7) is 0. The Morgan fingerprint density at radius 1 is 0.967 bits per heavy atom. The third-order valence-electron chi connectivity index (χ3n) is 4.34. The van der Waals surface area contributed by atoms with E-state index in [1.165, 1.54) is 54.6 Å². The quantitative estimate of drug-likeness (QED) is 0.476. The Bertz CT molecular complexity index is 1200. The van der Waals surface area contributed by atoms with Gasteiger partial charge in [0.2, 0.25) is 0 Å². The molecule has 0 aliphatic rings. The number of ketones is 1. The second kappa shape index (κ2) is 8.66. The molecule has 1 atom stereocenters. The van der Waals surface area contributed by atoms with Gasteiger partial charge in [0.25, 0.3) is 10.0 Å². The highest BCUT2D eigenvalue weighted by Gasteiger charge is 2.24. The number of hydrogen-bond acceptors (Lipinski definition) is 5. The molecule has 3 rings (SSSR count). The van der Waals surface area contributed by atoms with Gasteiger partial charge in [0.05, 0.1) is 22.2 Å². The van der Waals surface area contributed by atoms with Crippen LogP contribution in [0.5, 0.6) is 0 Å². The lowest BCUT2D eigenvalue weighted by Gasteiger charge is -2.16. The maximum absolute atomic E-state index is 13.0. The van der Waals surface area contributed by atoms with E-state index in [0.717, 1.165) is 0 Å². The standard InChI is InChI=1S/C21H17ClN2O5S/c22-15-10-11-18(24-30(28,29)16-4-2-1-3-5-16)17(12-15)20(25)19(23)13-6-8-14(9-7-13)21(26)27/h1-12,19,24H,23H2,(H,26,27). The van der Waals surface area contributed by atoms with Crippen LogP contribution in [0.3, 0.4) is 0 Å². The van der Waals surface area contributed by atoms with E-state index in [1.807, 2.05) is 0 Å². The highest BCUT2D eigenvalue weighted by atomic mass is 35.5. The monoisotopic (exact) mass is 444 g/mol. The number of sulfonamides is 1. The van der Waals surface area contributed by atoms with Crippen molar-refractivity contribution in [3.05, 3.63) is 94.5 Å². The first-order valence-electron chi connectivity index (χ1n) is 8.69. The summed E-state index contributed by atoms with van der Waals surface area (Å²) in [5.74, 6) is -1.68. The maximum atomic E-state index is 13.0. The summed E-state index contributed by atoms with van der Waals surface area (Å²) >= 11 is 6.02. The molecule has 9 heteroatoms. The van der Waals surface area contributed by atoms with Crippen LogP contribution in [-0.4, -0.2) is 25.3 Å². The predicted octanol–water partition coefficient (Wildman–Crippen LogP) is 3.72. The SMILES string of the molecule is NC(C(=O)c1cc(Cl)ccc1NS(=O)(=O)c1ccccc1)c1ccc(C(=O)O)cc1. The number of benzene rings is 3. The highest BCUT2D eigenvalue weighted by molar-refractivity contribution is 7.92. The van der Waals surface area contributed by atoms with Crippen LogP contribution in [-0.2, 0) is 10.0 Å².